The molecule has 0 unspecified atom stereocenters. The smallest absolute Gasteiger partial charge is 0.211 e. The summed E-state index contributed by atoms with van der Waals surface area (Å²) in [5.74, 6) is -0.173. The summed E-state index contributed by atoms with van der Waals surface area (Å²) in [6, 6.07) is 7.18. The van der Waals surface area contributed by atoms with Crippen LogP contribution in [-0.2, 0) is 21.4 Å². The zero-order valence-electron chi connectivity index (χ0n) is 8.02. The average molecular weight is 250 g/mol. The van der Waals surface area contributed by atoms with E-state index in [1.807, 2.05) is 6.07 Å². The van der Waals surface area contributed by atoms with Gasteiger partial charge in [-0.3, -0.25) is 0 Å². The zero-order chi connectivity index (χ0) is 11.3. The summed E-state index contributed by atoms with van der Waals surface area (Å²) >= 11 is 5.76. The summed E-state index contributed by atoms with van der Waals surface area (Å²) in [7, 11) is -3.44. The van der Waals surface area contributed by atoms with Crippen molar-refractivity contribution >= 4 is 21.6 Å². The Morgan fingerprint density at radius 2 is 2.13 bits per heavy atom. The highest BCUT2D eigenvalue weighted by atomic mass is 35.5. The number of primary sulfonamides is 1. The van der Waals surface area contributed by atoms with Crippen LogP contribution < -0.4 is 5.14 Å². The number of rotatable bonds is 5. The Morgan fingerprint density at radius 1 is 1.40 bits per heavy atom. The van der Waals surface area contributed by atoms with Gasteiger partial charge in [-0.1, -0.05) is 23.7 Å². The molecule has 0 saturated heterocycles. The molecule has 0 aromatic heterocycles. The summed E-state index contributed by atoms with van der Waals surface area (Å²) < 4.78 is 26.3. The van der Waals surface area contributed by atoms with Crippen molar-refractivity contribution in [2.24, 2.45) is 5.14 Å². The van der Waals surface area contributed by atoms with E-state index in [0.717, 1.165) is 5.56 Å². The molecule has 0 aliphatic carbocycles. The number of hydrogen-bond donors (Lipinski definition) is 1. The Labute approximate surface area is 94.0 Å². The maximum absolute atomic E-state index is 10.6. The molecular formula is C9H12ClNO3S. The molecule has 0 spiro atoms. The van der Waals surface area contributed by atoms with Gasteiger partial charge in [-0.15, -0.1) is 0 Å². The van der Waals surface area contributed by atoms with Crippen LogP contribution in [0.25, 0.3) is 0 Å². The predicted octanol–water partition coefficient (Wildman–Crippen LogP) is 1.15. The summed E-state index contributed by atoms with van der Waals surface area (Å²) in [4.78, 5) is 0. The quantitative estimate of drug-likeness (QED) is 0.796. The first kappa shape index (κ1) is 12.4. The van der Waals surface area contributed by atoms with Gasteiger partial charge in [-0.25, -0.2) is 13.6 Å². The first-order valence-corrected chi connectivity index (χ1v) is 6.39. The van der Waals surface area contributed by atoms with Crippen molar-refractivity contribution in [1.29, 1.82) is 0 Å². The molecule has 1 aromatic rings. The molecular weight excluding hydrogens is 238 g/mol. The molecule has 0 saturated carbocycles. The van der Waals surface area contributed by atoms with Gasteiger partial charge in [0.25, 0.3) is 0 Å². The highest BCUT2D eigenvalue weighted by molar-refractivity contribution is 7.89. The van der Waals surface area contributed by atoms with Crippen molar-refractivity contribution in [3.05, 3.63) is 34.9 Å². The van der Waals surface area contributed by atoms with Crippen LogP contribution in [0.1, 0.15) is 5.56 Å². The molecule has 2 N–H and O–H groups in total. The molecule has 15 heavy (non-hydrogen) atoms. The number of nitrogens with two attached hydrogens (primary N) is 1. The zero-order valence-corrected chi connectivity index (χ0v) is 9.59. The van der Waals surface area contributed by atoms with Crippen molar-refractivity contribution in [3.8, 4) is 0 Å². The lowest BCUT2D eigenvalue weighted by Gasteiger charge is -2.03. The lowest BCUT2D eigenvalue weighted by Crippen LogP contribution is -2.20. The van der Waals surface area contributed by atoms with Crippen molar-refractivity contribution in [3.63, 3.8) is 0 Å². The van der Waals surface area contributed by atoms with Gasteiger partial charge in [-0.05, 0) is 17.7 Å². The largest absolute Gasteiger partial charge is 0.376 e. The molecule has 6 heteroatoms. The van der Waals surface area contributed by atoms with E-state index in [1.54, 1.807) is 18.2 Å². The van der Waals surface area contributed by atoms with E-state index in [1.165, 1.54) is 0 Å². The molecule has 0 atom stereocenters. The minimum atomic E-state index is -3.44. The minimum absolute atomic E-state index is 0.0886. The standard InChI is InChI=1S/C9H12ClNO3S/c10-9-3-1-2-8(6-9)7-14-4-5-15(11,12)13/h1-3,6H,4-5,7H2,(H2,11,12,13). The predicted molar refractivity (Wildman–Crippen MR) is 59.1 cm³/mol. The number of halogens is 1. The van der Waals surface area contributed by atoms with Crippen LogP contribution in [0.2, 0.25) is 5.02 Å². The number of hydrogen-bond acceptors (Lipinski definition) is 3. The molecule has 0 heterocycles. The Morgan fingerprint density at radius 3 is 2.73 bits per heavy atom. The lowest BCUT2D eigenvalue weighted by molar-refractivity contribution is 0.135. The normalized spacial score (nSPS) is 11.6. The summed E-state index contributed by atoms with van der Waals surface area (Å²) in [6.07, 6.45) is 0. The molecule has 0 bridgehead atoms. The molecule has 0 fully saturated rings. The Hall–Kier alpha value is -0.620. The summed E-state index contributed by atoms with van der Waals surface area (Å²) in [5.41, 5.74) is 0.900. The Bertz CT molecular complexity index is 419. The fourth-order valence-electron chi connectivity index (χ4n) is 0.992. The van der Waals surface area contributed by atoms with Crippen LogP contribution in [0.15, 0.2) is 24.3 Å². The molecule has 1 aromatic carbocycles. The average Bonchev–Trinajstić information content (AvgIpc) is 2.11. The molecule has 84 valence electrons. The van der Waals surface area contributed by atoms with E-state index >= 15 is 0 Å². The van der Waals surface area contributed by atoms with Crippen LogP contribution in [-0.4, -0.2) is 20.8 Å². The number of ether oxygens (including phenoxy) is 1. The summed E-state index contributed by atoms with van der Waals surface area (Å²) in [5, 5.41) is 5.44. The van der Waals surface area contributed by atoms with Gasteiger partial charge in [0.1, 0.15) is 0 Å². The summed E-state index contributed by atoms with van der Waals surface area (Å²) in [6.45, 7) is 0.418. The fraction of sp³-hybridized carbons (Fsp3) is 0.333. The van der Waals surface area contributed by atoms with Crippen LogP contribution in [0.4, 0.5) is 0 Å². The first-order chi connectivity index (χ1) is 6.97. The van der Waals surface area contributed by atoms with Gasteiger partial charge in [0, 0.05) is 5.02 Å². The minimum Gasteiger partial charge on any atom is -0.376 e. The van der Waals surface area contributed by atoms with E-state index < -0.39 is 10.0 Å². The number of sulfonamides is 1. The maximum atomic E-state index is 10.6. The Kier molecular flexibility index (Phi) is 4.53. The first-order valence-electron chi connectivity index (χ1n) is 4.30. The van der Waals surface area contributed by atoms with Gasteiger partial charge >= 0.3 is 0 Å². The molecule has 4 nitrogen and oxygen atoms in total. The van der Waals surface area contributed by atoms with Crippen LogP contribution in [0.5, 0.6) is 0 Å². The van der Waals surface area contributed by atoms with Crippen LogP contribution >= 0.6 is 11.6 Å². The maximum Gasteiger partial charge on any atom is 0.211 e. The molecule has 0 radical (unpaired) electrons. The lowest BCUT2D eigenvalue weighted by atomic mass is 10.2. The molecule has 1 rings (SSSR count). The van der Waals surface area contributed by atoms with E-state index in [2.05, 4.69) is 0 Å². The van der Waals surface area contributed by atoms with E-state index in [9.17, 15) is 8.42 Å². The van der Waals surface area contributed by atoms with Crippen molar-refractivity contribution < 1.29 is 13.2 Å². The van der Waals surface area contributed by atoms with Gasteiger partial charge in [0.15, 0.2) is 0 Å². The van der Waals surface area contributed by atoms with Crippen LogP contribution in [0.3, 0.4) is 0 Å². The van der Waals surface area contributed by atoms with Crippen LogP contribution in [0, 0.1) is 0 Å². The van der Waals surface area contributed by atoms with E-state index in [-0.39, 0.29) is 12.4 Å². The van der Waals surface area contributed by atoms with Crippen molar-refractivity contribution in [2.75, 3.05) is 12.4 Å². The molecule has 0 aliphatic heterocycles. The van der Waals surface area contributed by atoms with E-state index in [0.29, 0.717) is 11.6 Å². The molecule has 0 aliphatic rings. The van der Waals surface area contributed by atoms with Crippen molar-refractivity contribution in [1.82, 2.24) is 0 Å². The topological polar surface area (TPSA) is 69.4 Å². The second-order valence-electron chi connectivity index (χ2n) is 3.05. The second-order valence-corrected chi connectivity index (χ2v) is 5.22. The van der Waals surface area contributed by atoms with Gasteiger partial charge < -0.3 is 4.74 Å². The molecule has 0 amide bonds. The highest BCUT2D eigenvalue weighted by Gasteiger charge is 2.02. The highest BCUT2D eigenvalue weighted by Crippen LogP contribution is 2.11. The number of benzene rings is 1. The van der Waals surface area contributed by atoms with E-state index in [4.69, 9.17) is 21.5 Å². The third-order valence-electron chi connectivity index (χ3n) is 1.67. The fourth-order valence-corrected chi connectivity index (χ4v) is 1.55. The van der Waals surface area contributed by atoms with Gasteiger partial charge in [0.05, 0.1) is 19.0 Å². The van der Waals surface area contributed by atoms with Gasteiger partial charge in [-0.2, -0.15) is 0 Å². The third-order valence-corrected chi connectivity index (χ3v) is 2.64. The van der Waals surface area contributed by atoms with Gasteiger partial charge in [0.2, 0.25) is 10.0 Å². The SMILES string of the molecule is NS(=O)(=O)CCOCc1cccc(Cl)c1. The van der Waals surface area contributed by atoms with Crippen molar-refractivity contribution in [2.45, 2.75) is 6.61 Å². The second kappa shape index (κ2) is 5.46. The Balaban J connectivity index is 2.32. The third kappa shape index (κ3) is 5.74. The monoisotopic (exact) mass is 249 g/mol.